The van der Waals surface area contributed by atoms with E-state index in [9.17, 15) is 4.79 Å². The Hall–Kier alpha value is -2.95. The first-order chi connectivity index (χ1) is 11.7. The lowest BCUT2D eigenvalue weighted by molar-refractivity contribution is 0.0726. The molecule has 0 spiro atoms. The van der Waals surface area contributed by atoms with Gasteiger partial charge in [-0.15, -0.1) is 0 Å². The Morgan fingerprint density at radius 2 is 1.96 bits per heavy atom. The maximum absolute atomic E-state index is 13.0. The lowest BCUT2D eigenvalue weighted by Gasteiger charge is -2.27. The molecule has 0 bridgehead atoms. The Bertz CT molecular complexity index is 800. The van der Waals surface area contributed by atoms with E-state index in [1.54, 1.807) is 24.3 Å². The van der Waals surface area contributed by atoms with Gasteiger partial charge in [-0.2, -0.15) is 0 Å². The molecule has 5 heteroatoms. The number of hydrogen-bond donors (Lipinski definition) is 0. The summed E-state index contributed by atoms with van der Waals surface area (Å²) in [6, 6.07) is 13.3. The zero-order valence-electron chi connectivity index (χ0n) is 13.7. The van der Waals surface area contributed by atoms with Crippen molar-refractivity contribution in [1.82, 2.24) is 15.0 Å². The van der Waals surface area contributed by atoms with Gasteiger partial charge in [-0.25, -0.2) is 0 Å². The standard InChI is InChI=1S/C19H19N3O2/c1-3-17(15-10-7-11-20-12-15)22(2)19(23)16-13-21-24-18(16)14-8-5-4-6-9-14/h4-13,17H,3H2,1-2H3. The summed E-state index contributed by atoms with van der Waals surface area (Å²) >= 11 is 0. The third kappa shape index (κ3) is 3.06. The van der Waals surface area contributed by atoms with Gasteiger partial charge in [0.25, 0.3) is 5.91 Å². The third-order valence-electron chi connectivity index (χ3n) is 4.08. The maximum Gasteiger partial charge on any atom is 0.259 e. The summed E-state index contributed by atoms with van der Waals surface area (Å²) in [6.45, 7) is 2.05. The minimum absolute atomic E-state index is 0.0512. The molecule has 0 fully saturated rings. The number of carbonyl (C=O) groups is 1. The molecule has 24 heavy (non-hydrogen) atoms. The quantitative estimate of drug-likeness (QED) is 0.713. The van der Waals surface area contributed by atoms with Crippen LogP contribution in [0.4, 0.5) is 0 Å². The van der Waals surface area contributed by atoms with Crippen LogP contribution in [-0.4, -0.2) is 28.0 Å². The van der Waals surface area contributed by atoms with Gasteiger partial charge in [0.1, 0.15) is 5.56 Å². The van der Waals surface area contributed by atoms with Gasteiger partial charge in [-0.05, 0) is 18.1 Å². The Labute approximate surface area is 140 Å². The van der Waals surface area contributed by atoms with Gasteiger partial charge in [0.2, 0.25) is 0 Å². The van der Waals surface area contributed by atoms with Crippen molar-refractivity contribution in [2.75, 3.05) is 7.05 Å². The molecule has 3 aromatic rings. The van der Waals surface area contributed by atoms with Crippen LogP contribution in [0.25, 0.3) is 11.3 Å². The molecular weight excluding hydrogens is 302 g/mol. The molecule has 1 aromatic carbocycles. The fraction of sp³-hybridized carbons (Fsp3) is 0.211. The molecule has 1 amide bonds. The number of aromatic nitrogens is 2. The number of nitrogens with zero attached hydrogens (tertiary/aromatic N) is 3. The molecule has 0 N–H and O–H groups in total. The number of benzene rings is 1. The average Bonchev–Trinajstić information content (AvgIpc) is 3.13. The number of amides is 1. The summed E-state index contributed by atoms with van der Waals surface area (Å²) in [4.78, 5) is 18.9. The van der Waals surface area contributed by atoms with Crippen LogP contribution in [0.2, 0.25) is 0 Å². The first-order valence-corrected chi connectivity index (χ1v) is 7.89. The zero-order chi connectivity index (χ0) is 16.9. The molecule has 0 saturated carbocycles. The normalized spacial score (nSPS) is 11.9. The van der Waals surface area contributed by atoms with Crippen LogP contribution in [0.5, 0.6) is 0 Å². The van der Waals surface area contributed by atoms with E-state index in [-0.39, 0.29) is 11.9 Å². The van der Waals surface area contributed by atoms with E-state index in [0.717, 1.165) is 17.5 Å². The van der Waals surface area contributed by atoms with E-state index in [1.165, 1.54) is 6.20 Å². The highest BCUT2D eigenvalue weighted by Gasteiger charge is 2.26. The van der Waals surface area contributed by atoms with E-state index in [4.69, 9.17) is 4.52 Å². The number of hydrogen-bond acceptors (Lipinski definition) is 4. The minimum Gasteiger partial charge on any atom is -0.355 e. The monoisotopic (exact) mass is 321 g/mol. The Kier molecular flexibility index (Phi) is 4.70. The highest BCUT2D eigenvalue weighted by Crippen LogP contribution is 2.28. The van der Waals surface area contributed by atoms with Gasteiger partial charge in [0.05, 0.1) is 12.2 Å². The Morgan fingerprint density at radius 1 is 1.17 bits per heavy atom. The average molecular weight is 321 g/mol. The highest BCUT2D eigenvalue weighted by atomic mass is 16.5. The maximum atomic E-state index is 13.0. The lowest BCUT2D eigenvalue weighted by Crippen LogP contribution is -2.31. The van der Waals surface area contributed by atoms with Crippen LogP contribution in [-0.2, 0) is 0 Å². The van der Waals surface area contributed by atoms with Crippen LogP contribution in [0.1, 0.15) is 35.3 Å². The number of carbonyl (C=O) groups excluding carboxylic acids is 1. The number of pyridine rings is 1. The van der Waals surface area contributed by atoms with Crippen molar-refractivity contribution >= 4 is 5.91 Å². The lowest BCUT2D eigenvalue weighted by atomic mass is 10.0. The predicted octanol–water partition coefficient (Wildman–Crippen LogP) is 3.96. The topological polar surface area (TPSA) is 59.2 Å². The van der Waals surface area contributed by atoms with Crippen molar-refractivity contribution in [2.45, 2.75) is 19.4 Å². The summed E-state index contributed by atoms with van der Waals surface area (Å²) in [6.07, 6.45) is 5.80. The van der Waals surface area contributed by atoms with Gasteiger partial charge in [0, 0.05) is 25.0 Å². The molecule has 0 saturated heterocycles. The summed E-state index contributed by atoms with van der Waals surface area (Å²) in [5, 5.41) is 3.83. The Balaban J connectivity index is 1.91. The van der Waals surface area contributed by atoms with Crippen molar-refractivity contribution in [2.24, 2.45) is 0 Å². The third-order valence-corrected chi connectivity index (χ3v) is 4.08. The summed E-state index contributed by atoms with van der Waals surface area (Å²) in [5.74, 6) is 0.374. The van der Waals surface area contributed by atoms with Crippen molar-refractivity contribution in [1.29, 1.82) is 0 Å². The molecule has 2 heterocycles. The largest absolute Gasteiger partial charge is 0.355 e. The minimum atomic E-state index is -0.120. The van der Waals surface area contributed by atoms with Crippen molar-refractivity contribution in [3.05, 3.63) is 72.2 Å². The summed E-state index contributed by atoms with van der Waals surface area (Å²) < 4.78 is 5.33. The number of rotatable bonds is 5. The zero-order valence-corrected chi connectivity index (χ0v) is 13.7. The molecule has 0 radical (unpaired) electrons. The van der Waals surface area contributed by atoms with Gasteiger partial charge >= 0.3 is 0 Å². The van der Waals surface area contributed by atoms with Gasteiger partial charge in [-0.1, -0.05) is 48.5 Å². The second kappa shape index (κ2) is 7.08. The molecule has 0 aliphatic heterocycles. The molecule has 5 nitrogen and oxygen atoms in total. The molecule has 2 aromatic heterocycles. The molecule has 0 aliphatic rings. The molecule has 122 valence electrons. The first kappa shape index (κ1) is 15.9. The van der Waals surface area contributed by atoms with E-state index < -0.39 is 0 Å². The van der Waals surface area contributed by atoms with E-state index >= 15 is 0 Å². The summed E-state index contributed by atoms with van der Waals surface area (Å²) in [5.41, 5.74) is 2.31. The van der Waals surface area contributed by atoms with Gasteiger partial charge in [0.15, 0.2) is 5.76 Å². The second-order valence-electron chi connectivity index (χ2n) is 5.56. The van der Waals surface area contributed by atoms with Gasteiger partial charge < -0.3 is 9.42 Å². The smallest absolute Gasteiger partial charge is 0.259 e. The fourth-order valence-electron chi connectivity index (χ4n) is 2.83. The predicted molar refractivity (Wildman–Crippen MR) is 91.3 cm³/mol. The van der Waals surface area contributed by atoms with E-state index in [2.05, 4.69) is 10.1 Å². The van der Waals surface area contributed by atoms with Gasteiger partial charge in [-0.3, -0.25) is 9.78 Å². The van der Waals surface area contributed by atoms with Crippen LogP contribution in [0, 0.1) is 0 Å². The molecule has 0 aliphatic carbocycles. The Morgan fingerprint density at radius 3 is 2.62 bits per heavy atom. The van der Waals surface area contributed by atoms with Crippen molar-refractivity contribution in [3.8, 4) is 11.3 Å². The van der Waals surface area contributed by atoms with Crippen LogP contribution in [0.15, 0.2) is 65.6 Å². The van der Waals surface area contributed by atoms with Crippen LogP contribution >= 0.6 is 0 Å². The summed E-state index contributed by atoms with van der Waals surface area (Å²) in [7, 11) is 1.80. The first-order valence-electron chi connectivity index (χ1n) is 7.89. The molecule has 1 unspecified atom stereocenters. The second-order valence-corrected chi connectivity index (χ2v) is 5.56. The van der Waals surface area contributed by atoms with Crippen molar-refractivity contribution < 1.29 is 9.32 Å². The SMILES string of the molecule is CCC(c1cccnc1)N(C)C(=O)c1cnoc1-c1ccccc1. The van der Waals surface area contributed by atoms with Crippen molar-refractivity contribution in [3.63, 3.8) is 0 Å². The molecular formula is C19H19N3O2. The van der Waals surface area contributed by atoms with Crippen LogP contribution < -0.4 is 0 Å². The van der Waals surface area contributed by atoms with Crippen LogP contribution in [0.3, 0.4) is 0 Å². The molecule has 1 atom stereocenters. The fourth-order valence-corrected chi connectivity index (χ4v) is 2.83. The van der Waals surface area contributed by atoms with E-state index in [1.807, 2.05) is 49.4 Å². The highest BCUT2D eigenvalue weighted by molar-refractivity contribution is 5.99. The van der Waals surface area contributed by atoms with E-state index in [0.29, 0.717) is 11.3 Å². The molecule has 3 rings (SSSR count).